The minimum absolute atomic E-state index is 0.00282. The van der Waals surface area contributed by atoms with E-state index in [9.17, 15) is 9.59 Å². The smallest absolute Gasteiger partial charge is 0.326 e. The number of nitrogens with one attached hydrogen (secondary N) is 1. The van der Waals surface area contributed by atoms with Crippen molar-refractivity contribution >= 4 is 11.9 Å². The number of aromatic nitrogens is 3. The molecule has 0 saturated carbocycles. The second-order valence-corrected chi connectivity index (χ2v) is 4.26. The highest BCUT2D eigenvalue weighted by atomic mass is 16.4. The van der Waals surface area contributed by atoms with Crippen LogP contribution < -0.4 is 5.32 Å². The lowest BCUT2D eigenvalue weighted by Crippen LogP contribution is -2.41. The molecule has 2 rings (SSSR count). The zero-order chi connectivity index (χ0) is 15.2. The number of aliphatic carboxylic acids is 1. The number of rotatable bonds is 6. The molecule has 21 heavy (non-hydrogen) atoms. The third-order valence-corrected chi connectivity index (χ3v) is 2.77. The summed E-state index contributed by atoms with van der Waals surface area (Å²) in [5, 5.41) is 27.5. The molecule has 1 atom stereocenters. The summed E-state index contributed by atoms with van der Waals surface area (Å²) < 4.78 is 1.41. The minimum atomic E-state index is -1.21. The molecule has 0 aliphatic carbocycles. The molecular weight excluding hydrogens is 276 g/mol. The number of carbonyl (C=O) groups excluding carboxylic acids is 1. The molecular formula is C13H14N4O4. The Kier molecular flexibility index (Phi) is 4.62. The van der Waals surface area contributed by atoms with Crippen molar-refractivity contribution < 1.29 is 19.8 Å². The number of carbonyl (C=O) groups is 2. The quantitative estimate of drug-likeness (QED) is 0.680. The summed E-state index contributed by atoms with van der Waals surface area (Å²) in [6.07, 6.45) is 1.33. The highest BCUT2D eigenvalue weighted by Gasteiger charge is 2.21. The van der Waals surface area contributed by atoms with Crippen molar-refractivity contribution in [3.05, 3.63) is 42.2 Å². The Morgan fingerprint density at radius 3 is 2.62 bits per heavy atom. The Bertz CT molecular complexity index is 626. The minimum Gasteiger partial charge on any atom is -0.480 e. The molecule has 8 nitrogen and oxygen atoms in total. The molecule has 1 aromatic heterocycles. The van der Waals surface area contributed by atoms with Gasteiger partial charge in [0.25, 0.3) is 5.91 Å². The van der Waals surface area contributed by atoms with E-state index in [1.165, 1.54) is 10.9 Å². The molecule has 8 heteroatoms. The fourth-order valence-electron chi connectivity index (χ4n) is 1.69. The van der Waals surface area contributed by atoms with Crippen LogP contribution in [0.2, 0.25) is 0 Å². The maximum absolute atomic E-state index is 11.9. The monoisotopic (exact) mass is 290 g/mol. The number of amides is 1. The third-order valence-electron chi connectivity index (χ3n) is 2.77. The Labute approximate surface area is 120 Å². The Morgan fingerprint density at radius 1 is 1.29 bits per heavy atom. The first-order chi connectivity index (χ1) is 10.1. The number of para-hydroxylation sites is 1. The van der Waals surface area contributed by atoms with Crippen molar-refractivity contribution in [1.82, 2.24) is 20.3 Å². The fraction of sp³-hybridized carbons (Fsp3) is 0.231. The van der Waals surface area contributed by atoms with Crippen LogP contribution in [0.1, 0.15) is 16.9 Å². The lowest BCUT2D eigenvalue weighted by atomic mass is 10.2. The normalized spacial score (nSPS) is 11.9. The van der Waals surface area contributed by atoms with Crippen LogP contribution in [0.15, 0.2) is 36.5 Å². The largest absolute Gasteiger partial charge is 0.480 e. The standard InChI is InChI=1S/C13H14N4O4/c18-7-6-10(13(20)21)14-12(19)11-8-17(16-15-11)9-4-2-1-3-5-9/h1-5,8,10,18H,6-7H2,(H,14,19)(H,20,21). The molecule has 0 aliphatic rings. The van der Waals surface area contributed by atoms with Crippen molar-refractivity contribution in [1.29, 1.82) is 0 Å². The molecule has 0 fully saturated rings. The van der Waals surface area contributed by atoms with Crippen LogP contribution in [-0.4, -0.2) is 49.7 Å². The molecule has 0 radical (unpaired) electrons. The number of hydrogen-bond acceptors (Lipinski definition) is 5. The first-order valence-corrected chi connectivity index (χ1v) is 6.24. The topological polar surface area (TPSA) is 117 Å². The number of hydrogen-bond donors (Lipinski definition) is 3. The van der Waals surface area contributed by atoms with Gasteiger partial charge in [0, 0.05) is 13.0 Å². The van der Waals surface area contributed by atoms with Crippen LogP contribution in [0.5, 0.6) is 0 Å². The highest BCUT2D eigenvalue weighted by Crippen LogP contribution is 2.06. The Morgan fingerprint density at radius 2 is 2.00 bits per heavy atom. The van der Waals surface area contributed by atoms with E-state index in [-0.39, 0.29) is 18.7 Å². The van der Waals surface area contributed by atoms with E-state index in [0.29, 0.717) is 0 Å². The Balaban J connectivity index is 2.10. The molecule has 1 amide bonds. The summed E-state index contributed by atoms with van der Waals surface area (Å²) in [4.78, 5) is 22.8. The van der Waals surface area contributed by atoms with Crippen molar-refractivity contribution in [2.45, 2.75) is 12.5 Å². The number of benzene rings is 1. The van der Waals surface area contributed by atoms with Gasteiger partial charge in [-0.25, -0.2) is 9.48 Å². The first-order valence-electron chi connectivity index (χ1n) is 6.24. The van der Waals surface area contributed by atoms with Gasteiger partial charge in [-0.1, -0.05) is 23.4 Å². The van der Waals surface area contributed by atoms with Crippen LogP contribution in [-0.2, 0) is 4.79 Å². The van der Waals surface area contributed by atoms with E-state index >= 15 is 0 Å². The lowest BCUT2D eigenvalue weighted by molar-refractivity contribution is -0.139. The lowest BCUT2D eigenvalue weighted by Gasteiger charge is -2.11. The van der Waals surface area contributed by atoms with Gasteiger partial charge in [0.05, 0.1) is 11.9 Å². The van der Waals surface area contributed by atoms with Gasteiger partial charge in [0.2, 0.25) is 0 Å². The van der Waals surface area contributed by atoms with E-state index in [4.69, 9.17) is 10.2 Å². The Hall–Kier alpha value is -2.74. The van der Waals surface area contributed by atoms with E-state index in [2.05, 4.69) is 15.6 Å². The number of carboxylic acid groups (broad SMARTS) is 1. The van der Waals surface area contributed by atoms with Crippen LogP contribution in [0.4, 0.5) is 0 Å². The number of carboxylic acids is 1. The molecule has 110 valence electrons. The molecule has 3 N–H and O–H groups in total. The summed E-state index contributed by atoms with van der Waals surface area (Å²) >= 11 is 0. The number of nitrogens with zero attached hydrogens (tertiary/aromatic N) is 3. The van der Waals surface area contributed by atoms with Gasteiger partial charge >= 0.3 is 5.97 Å². The van der Waals surface area contributed by atoms with E-state index in [1.54, 1.807) is 12.1 Å². The molecule has 1 heterocycles. The van der Waals surface area contributed by atoms with Crippen molar-refractivity contribution in [3.8, 4) is 5.69 Å². The summed E-state index contributed by atoms with van der Waals surface area (Å²) in [7, 11) is 0. The molecule has 0 bridgehead atoms. The van der Waals surface area contributed by atoms with E-state index in [0.717, 1.165) is 5.69 Å². The summed E-state index contributed by atoms with van der Waals surface area (Å²) in [5.41, 5.74) is 0.734. The second kappa shape index (κ2) is 6.62. The molecule has 0 aliphatic heterocycles. The summed E-state index contributed by atoms with van der Waals surface area (Å²) in [6, 6.07) is 7.91. The van der Waals surface area contributed by atoms with Gasteiger partial charge in [-0.05, 0) is 12.1 Å². The maximum atomic E-state index is 11.9. The number of aliphatic hydroxyl groups is 1. The van der Waals surface area contributed by atoms with Gasteiger partial charge in [-0.2, -0.15) is 0 Å². The summed E-state index contributed by atoms with van der Waals surface area (Å²) in [6.45, 7) is -0.339. The van der Waals surface area contributed by atoms with Crippen LogP contribution in [0.3, 0.4) is 0 Å². The summed E-state index contributed by atoms with van der Waals surface area (Å²) in [5.74, 6) is -1.87. The van der Waals surface area contributed by atoms with E-state index in [1.807, 2.05) is 18.2 Å². The van der Waals surface area contributed by atoms with Crippen LogP contribution in [0.25, 0.3) is 5.69 Å². The molecule has 1 unspecified atom stereocenters. The third kappa shape index (κ3) is 3.63. The van der Waals surface area contributed by atoms with Crippen LogP contribution in [0, 0.1) is 0 Å². The fourth-order valence-corrected chi connectivity index (χ4v) is 1.69. The zero-order valence-electron chi connectivity index (χ0n) is 11.0. The van der Waals surface area contributed by atoms with E-state index < -0.39 is 17.9 Å². The van der Waals surface area contributed by atoms with Gasteiger partial charge < -0.3 is 15.5 Å². The zero-order valence-corrected chi connectivity index (χ0v) is 11.0. The van der Waals surface area contributed by atoms with Crippen molar-refractivity contribution in [2.75, 3.05) is 6.61 Å². The molecule has 0 saturated heterocycles. The number of aliphatic hydroxyl groups excluding tert-OH is 1. The molecule has 0 spiro atoms. The van der Waals surface area contributed by atoms with Gasteiger partial charge in [0.1, 0.15) is 6.04 Å². The SMILES string of the molecule is O=C(NC(CCO)C(=O)O)c1cn(-c2ccccc2)nn1. The first kappa shape index (κ1) is 14.7. The predicted molar refractivity (Wildman–Crippen MR) is 72.0 cm³/mol. The maximum Gasteiger partial charge on any atom is 0.326 e. The van der Waals surface area contributed by atoms with Crippen molar-refractivity contribution in [2.24, 2.45) is 0 Å². The average Bonchev–Trinajstić information content (AvgIpc) is 2.97. The predicted octanol–water partition coefficient (Wildman–Crippen LogP) is -0.167. The van der Waals surface area contributed by atoms with Gasteiger partial charge in [-0.15, -0.1) is 5.10 Å². The van der Waals surface area contributed by atoms with Gasteiger partial charge in [0.15, 0.2) is 5.69 Å². The van der Waals surface area contributed by atoms with Crippen molar-refractivity contribution in [3.63, 3.8) is 0 Å². The average molecular weight is 290 g/mol. The second-order valence-electron chi connectivity index (χ2n) is 4.26. The molecule has 1 aromatic carbocycles. The molecule has 2 aromatic rings. The van der Waals surface area contributed by atoms with Crippen LogP contribution >= 0.6 is 0 Å². The van der Waals surface area contributed by atoms with Gasteiger partial charge in [-0.3, -0.25) is 4.79 Å². The highest BCUT2D eigenvalue weighted by molar-refractivity contribution is 5.94.